The van der Waals surface area contributed by atoms with E-state index in [1.165, 1.54) is 28.3 Å². The molecule has 0 aliphatic rings. The third-order valence-electron chi connectivity index (χ3n) is 2.78. The van der Waals surface area contributed by atoms with E-state index < -0.39 is 18.4 Å². The van der Waals surface area contributed by atoms with Crippen molar-refractivity contribution in [3.05, 3.63) is 40.8 Å². The number of carbonyl (C=O) groups is 2. The Balaban J connectivity index is 2.23. The van der Waals surface area contributed by atoms with Crippen molar-refractivity contribution in [1.82, 2.24) is 14.5 Å². The minimum Gasteiger partial charge on any atom is -0.480 e. The van der Waals surface area contributed by atoms with E-state index in [-0.39, 0.29) is 18.6 Å². The molecule has 0 aliphatic carbocycles. The molecule has 0 bridgehead atoms. The van der Waals surface area contributed by atoms with Crippen molar-refractivity contribution >= 4 is 33.4 Å². The number of carbonyl (C=O) groups excluding carboxylic acids is 1. The van der Waals surface area contributed by atoms with E-state index in [1.54, 1.807) is 11.4 Å². The zero-order valence-electron chi connectivity index (χ0n) is 11.1. The van der Waals surface area contributed by atoms with E-state index in [0.29, 0.717) is 10.2 Å². The lowest BCUT2D eigenvalue weighted by atomic mass is 10.4. The average Bonchev–Trinajstić information content (AvgIpc) is 2.90. The number of carboxylic acid groups (broad SMARTS) is 1. The smallest absolute Gasteiger partial charge is 0.323 e. The first kappa shape index (κ1) is 14.9. The van der Waals surface area contributed by atoms with Crippen molar-refractivity contribution in [3.63, 3.8) is 0 Å². The summed E-state index contributed by atoms with van der Waals surface area (Å²) in [5, 5.41) is 11.0. The Bertz CT molecular complexity index is 749. The van der Waals surface area contributed by atoms with E-state index in [4.69, 9.17) is 5.11 Å². The maximum Gasteiger partial charge on any atom is 0.323 e. The largest absolute Gasteiger partial charge is 0.480 e. The van der Waals surface area contributed by atoms with Gasteiger partial charge in [-0.05, 0) is 11.4 Å². The topological polar surface area (TPSA) is 92.5 Å². The Morgan fingerprint density at radius 1 is 1.52 bits per heavy atom. The summed E-state index contributed by atoms with van der Waals surface area (Å²) in [5.41, 5.74) is -0.316. The van der Waals surface area contributed by atoms with Crippen LogP contribution in [0.3, 0.4) is 0 Å². The van der Waals surface area contributed by atoms with E-state index in [1.807, 2.05) is 0 Å². The second-order valence-corrected chi connectivity index (χ2v) is 5.17. The predicted molar refractivity (Wildman–Crippen MR) is 78.3 cm³/mol. The predicted octanol–water partition coefficient (Wildman–Crippen LogP) is 0.557. The monoisotopic (exact) mass is 307 g/mol. The van der Waals surface area contributed by atoms with Gasteiger partial charge in [-0.1, -0.05) is 6.08 Å². The van der Waals surface area contributed by atoms with Crippen LogP contribution in [0.1, 0.15) is 0 Å². The highest BCUT2D eigenvalue weighted by Gasteiger charge is 2.17. The van der Waals surface area contributed by atoms with Crippen LogP contribution in [-0.2, 0) is 16.1 Å². The SMILES string of the molecule is C=CCN(CC(=O)O)C(=O)Cn1cnc2sccc2c1=O. The molecular weight excluding hydrogens is 294 g/mol. The van der Waals surface area contributed by atoms with Gasteiger partial charge in [-0.15, -0.1) is 17.9 Å². The van der Waals surface area contributed by atoms with Crippen molar-refractivity contribution in [2.24, 2.45) is 0 Å². The molecule has 0 saturated heterocycles. The molecular formula is C13H13N3O4S. The Morgan fingerprint density at radius 2 is 2.29 bits per heavy atom. The molecule has 8 heteroatoms. The minimum atomic E-state index is -1.12. The molecule has 0 aromatic carbocycles. The van der Waals surface area contributed by atoms with Gasteiger partial charge in [0.25, 0.3) is 5.56 Å². The Labute approximate surface area is 123 Å². The lowest BCUT2D eigenvalue weighted by molar-refractivity contribution is -0.144. The van der Waals surface area contributed by atoms with Gasteiger partial charge in [0, 0.05) is 6.54 Å². The Morgan fingerprint density at radius 3 is 2.95 bits per heavy atom. The van der Waals surface area contributed by atoms with Crippen LogP contribution in [0.25, 0.3) is 10.2 Å². The Hall–Kier alpha value is -2.48. The number of amides is 1. The highest BCUT2D eigenvalue weighted by molar-refractivity contribution is 7.16. The zero-order valence-corrected chi connectivity index (χ0v) is 11.9. The van der Waals surface area contributed by atoms with Crippen LogP contribution in [0, 0.1) is 0 Å². The summed E-state index contributed by atoms with van der Waals surface area (Å²) in [5.74, 6) is -1.60. The van der Waals surface area contributed by atoms with Crippen LogP contribution < -0.4 is 5.56 Å². The number of hydrogen-bond donors (Lipinski definition) is 1. The number of hydrogen-bond acceptors (Lipinski definition) is 5. The summed E-state index contributed by atoms with van der Waals surface area (Å²) >= 11 is 1.34. The molecule has 0 aliphatic heterocycles. The Kier molecular flexibility index (Phi) is 4.49. The third kappa shape index (κ3) is 3.34. The van der Waals surface area contributed by atoms with E-state index in [2.05, 4.69) is 11.6 Å². The number of fused-ring (bicyclic) bond motifs is 1. The van der Waals surface area contributed by atoms with Gasteiger partial charge < -0.3 is 10.0 Å². The number of thiophene rings is 1. The summed E-state index contributed by atoms with van der Waals surface area (Å²) in [6, 6.07) is 1.65. The molecule has 0 atom stereocenters. The summed E-state index contributed by atoms with van der Waals surface area (Å²) < 4.78 is 1.18. The summed E-state index contributed by atoms with van der Waals surface area (Å²) in [6.07, 6.45) is 2.73. The molecule has 1 N–H and O–H groups in total. The molecule has 1 amide bonds. The number of rotatable bonds is 6. The van der Waals surface area contributed by atoms with Crippen molar-refractivity contribution in [1.29, 1.82) is 0 Å². The first-order chi connectivity index (χ1) is 10.0. The van der Waals surface area contributed by atoms with Gasteiger partial charge in [0.05, 0.1) is 11.7 Å². The third-order valence-corrected chi connectivity index (χ3v) is 3.61. The first-order valence-electron chi connectivity index (χ1n) is 6.06. The molecule has 0 radical (unpaired) electrons. The molecule has 0 spiro atoms. The van der Waals surface area contributed by atoms with E-state index in [9.17, 15) is 14.4 Å². The molecule has 7 nitrogen and oxygen atoms in total. The van der Waals surface area contributed by atoms with Crippen LogP contribution in [0.15, 0.2) is 35.2 Å². The van der Waals surface area contributed by atoms with Crippen LogP contribution in [0.4, 0.5) is 0 Å². The number of aliphatic carboxylic acids is 1. The molecule has 0 saturated carbocycles. The molecule has 110 valence electrons. The number of aromatic nitrogens is 2. The van der Waals surface area contributed by atoms with Crippen LogP contribution in [0.2, 0.25) is 0 Å². The molecule has 0 unspecified atom stereocenters. The van der Waals surface area contributed by atoms with Crippen LogP contribution >= 0.6 is 11.3 Å². The van der Waals surface area contributed by atoms with Crippen molar-refractivity contribution in [2.75, 3.05) is 13.1 Å². The molecule has 21 heavy (non-hydrogen) atoms. The lowest BCUT2D eigenvalue weighted by Gasteiger charge is -2.19. The fourth-order valence-electron chi connectivity index (χ4n) is 1.83. The summed E-state index contributed by atoms with van der Waals surface area (Å²) in [7, 11) is 0. The summed E-state index contributed by atoms with van der Waals surface area (Å²) in [6.45, 7) is 2.90. The highest BCUT2D eigenvalue weighted by Crippen LogP contribution is 2.13. The minimum absolute atomic E-state index is 0.105. The first-order valence-corrected chi connectivity index (χ1v) is 6.94. The molecule has 0 fully saturated rings. The molecule has 2 aromatic heterocycles. The van der Waals surface area contributed by atoms with Gasteiger partial charge >= 0.3 is 5.97 Å². The van der Waals surface area contributed by atoms with E-state index in [0.717, 1.165) is 4.90 Å². The van der Waals surface area contributed by atoms with Gasteiger partial charge in [-0.25, -0.2) is 4.98 Å². The number of nitrogens with zero attached hydrogens (tertiary/aromatic N) is 3. The van der Waals surface area contributed by atoms with Crippen molar-refractivity contribution in [3.8, 4) is 0 Å². The van der Waals surface area contributed by atoms with Gasteiger partial charge in [0.15, 0.2) is 0 Å². The standard InChI is InChI=1S/C13H13N3O4S/c1-2-4-15(7-11(18)19)10(17)6-16-8-14-12-9(13(16)20)3-5-21-12/h2-3,5,8H,1,4,6-7H2,(H,18,19). The van der Waals surface area contributed by atoms with E-state index >= 15 is 0 Å². The van der Waals surface area contributed by atoms with Gasteiger partial charge in [-0.3, -0.25) is 19.0 Å². The molecule has 2 heterocycles. The fourth-order valence-corrected chi connectivity index (χ4v) is 2.55. The zero-order chi connectivity index (χ0) is 15.4. The molecule has 2 rings (SSSR count). The van der Waals surface area contributed by atoms with Gasteiger partial charge in [0.1, 0.15) is 17.9 Å². The highest BCUT2D eigenvalue weighted by atomic mass is 32.1. The molecule has 2 aromatic rings. The quantitative estimate of drug-likeness (QED) is 0.787. The van der Waals surface area contributed by atoms with Gasteiger partial charge in [0.2, 0.25) is 5.91 Å². The summed E-state index contributed by atoms with van der Waals surface area (Å²) in [4.78, 5) is 40.8. The van der Waals surface area contributed by atoms with Crippen LogP contribution in [0.5, 0.6) is 0 Å². The normalized spacial score (nSPS) is 10.5. The maximum absolute atomic E-state index is 12.2. The van der Waals surface area contributed by atoms with Crippen molar-refractivity contribution in [2.45, 2.75) is 6.54 Å². The fraction of sp³-hybridized carbons (Fsp3) is 0.231. The number of carboxylic acids is 1. The average molecular weight is 307 g/mol. The van der Waals surface area contributed by atoms with Crippen LogP contribution in [-0.4, -0.2) is 44.5 Å². The lowest BCUT2D eigenvalue weighted by Crippen LogP contribution is -2.39. The van der Waals surface area contributed by atoms with Crippen molar-refractivity contribution < 1.29 is 14.7 Å². The maximum atomic E-state index is 12.2. The second kappa shape index (κ2) is 6.31. The van der Waals surface area contributed by atoms with Gasteiger partial charge in [-0.2, -0.15) is 0 Å². The second-order valence-electron chi connectivity index (χ2n) is 4.27.